The lowest BCUT2D eigenvalue weighted by Gasteiger charge is -2.11. The van der Waals surface area contributed by atoms with Gasteiger partial charge in [0.15, 0.2) is 0 Å². The van der Waals surface area contributed by atoms with E-state index in [-0.39, 0.29) is 12.3 Å². The second kappa shape index (κ2) is 8.84. The first-order chi connectivity index (χ1) is 10.1. The maximum Gasteiger partial charge on any atom is 0.328 e. The molecule has 0 aliphatic carbocycles. The summed E-state index contributed by atoms with van der Waals surface area (Å²) < 4.78 is 15.1. The molecule has 116 valence electrons. The molecule has 0 bridgehead atoms. The third-order valence-electron chi connectivity index (χ3n) is 2.81. The van der Waals surface area contributed by atoms with E-state index >= 15 is 0 Å². The number of hydrogen-bond acceptors (Lipinski definition) is 5. The highest BCUT2D eigenvalue weighted by molar-refractivity contribution is 5.83. The average molecular weight is 295 g/mol. The van der Waals surface area contributed by atoms with E-state index in [9.17, 15) is 9.59 Å². The van der Waals surface area contributed by atoms with E-state index in [2.05, 4.69) is 10.1 Å². The Labute approximate surface area is 124 Å². The summed E-state index contributed by atoms with van der Waals surface area (Å²) in [5, 5.41) is 2.56. The topological polar surface area (TPSA) is 73.9 Å². The van der Waals surface area contributed by atoms with Gasteiger partial charge in [-0.15, -0.1) is 0 Å². The fourth-order valence-electron chi connectivity index (χ4n) is 1.64. The van der Waals surface area contributed by atoms with Crippen LogP contribution in [0.1, 0.15) is 19.8 Å². The van der Waals surface area contributed by atoms with Crippen LogP contribution in [0.25, 0.3) is 0 Å². The van der Waals surface area contributed by atoms with E-state index in [1.807, 2.05) is 0 Å². The number of methoxy groups -OCH3 is 2. The molecule has 1 rings (SSSR count). The molecule has 0 aliphatic heterocycles. The zero-order chi connectivity index (χ0) is 15.7. The van der Waals surface area contributed by atoms with Crippen molar-refractivity contribution in [3.63, 3.8) is 0 Å². The zero-order valence-corrected chi connectivity index (χ0v) is 12.5. The van der Waals surface area contributed by atoms with Crippen molar-refractivity contribution in [1.29, 1.82) is 0 Å². The van der Waals surface area contributed by atoms with E-state index in [4.69, 9.17) is 9.47 Å². The Morgan fingerprint density at radius 1 is 1.14 bits per heavy atom. The summed E-state index contributed by atoms with van der Waals surface area (Å²) in [5.41, 5.74) is 0. The van der Waals surface area contributed by atoms with Gasteiger partial charge in [0, 0.05) is 6.42 Å². The zero-order valence-electron chi connectivity index (χ0n) is 12.5. The first-order valence-electron chi connectivity index (χ1n) is 6.71. The molecule has 0 saturated carbocycles. The first-order valence-corrected chi connectivity index (χ1v) is 6.71. The van der Waals surface area contributed by atoms with Gasteiger partial charge in [0.1, 0.15) is 17.5 Å². The van der Waals surface area contributed by atoms with Crippen LogP contribution in [0.5, 0.6) is 11.5 Å². The van der Waals surface area contributed by atoms with Gasteiger partial charge in [-0.2, -0.15) is 0 Å². The molecule has 1 aromatic carbocycles. The van der Waals surface area contributed by atoms with Crippen LogP contribution in [-0.4, -0.2) is 38.7 Å². The van der Waals surface area contributed by atoms with Crippen molar-refractivity contribution in [2.24, 2.45) is 0 Å². The first kappa shape index (κ1) is 16.8. The number of nitrogens with one attached hydrogen (secondary N) is 1. The van der Waals surface area contributed by atoms with Crippen LogP contribution in [-0.2, 0) is 14.3 Å². The van der Waals surface area contributed by atoms with Crippen molar-refractivity contribution < 1.29 is 23.8 Å². The molecule has 0 unspecified atom stereocenters. The van der Waals surface area contributed by atoms with Crippen LogP contribution < -0.4 is 14.8 Å². The fraction of sp³-hybridized carbons (Fsp3) is 0.467. The quantitative estimate of drug-likeness (QED) is 0.581. The maximum absolute atomic E-state index is 11.6. The molecule has 1 N–H and O–H groups in total. The molecule has 6 heteroatoms. The summed E-state index contributed by atoms with van der Waals surface area (Å²) in [6, 6.07) is 6.58. The fourth-order valence-corrected chi connectivity index (χ4v) is 1.64. The molecule has 0 saturated heterocycles. The number of rotatable bonds is 8. The number of benzene rings is 1. The van der Waals surface area contributed by atoms with Crippen molar-refractivity contribution in [2.45, 2.75) is 25.8 Å². The van der Waals surface area contributed by atoms with E-state index in [0.29, 0.717) is 13.0 Å². The van der Waals surface area contributed by atoms with E-state index in [1.165, 1.54) is 7.11 Å². The number of carbonyl (C=O) groups excluding carboxylic acids is 2. The van der Waals surface area contributed by atoms with Crippen molar-refractivity contribution >= 4 is 11.9 Å². The minimum absolute atomic E-state index is 0.203. The van der Waals surface area contributed by atoms with Crippen LogP contribution in [0.3, 0.4) is 0 Å². The minimum atomic E-state index is -0.634. The lowest BCUT2D eigenvalue weighted by Crippen LogP contribution is -2.39. The number of amides is 1. The molecule has 0 aliphatic rings. The van der Waals surface area contributed by atoms with E-state index < -0.39 is 12.0 Å². The number of esters is 1. The van der Waals surface area contributed by atoms with Crippen LogP contribution >= 0.6 is 0 Å². The van der Waals surface area contributed by atoms with Crippen LogP contribution in [0.2, 0.25) is 0 Å². The van der Waals surface area contributed by atoms with Gasteiger partial charge < -0.3 is 19.5 Å². The normalized spacial score (nSPS) is 11.4. The van der Waals surface area contributed by atoms with Crippen molar-refractivity contribution in [1.82, 2.24) is 5.32 Å². The summed E-state index contributed by atoms with van der Waals surface area (Å²) >= 11 is 0. The molecular formula is C15H21NO5. The second-order valence-corrected chi connectivity index (χ2v) is 4.44. The Hall–Kier alpha value is -2.24. The van der Waals surface area contributed by atoms with E-state index in [0.717, 1.165) is 11.5 Å². The highest BCUT2D eigenvalue weighted by atomic mass is 16.5. The molecule has 0 heterocycles. The minimum Gasteiger partial charge on any atom is -0.497 e. The van der Waals surface area contributed by atoms with Crippen molar-refractivity contribution in [3.8, 4) is 11.5 Å². The average Bonchev–Trinajstić information content (AvgIpc) is 2.51. The van der Waals surface area contributed by atoms with Gasteiger partial charge >= 0.3 is 5.97 Å². The number of hydrogen-bond donors (Lipinski definition) is 1. The molecular weight excluding hydrogens is 274 g/mol. The molecule has 0 spiro atoms. The Morgan fingerprint density at radius 3 is 2.33 bits per heavy atom. The molecule has 1 aromatic rings. The third-order valence-corrected chi connectivity index (χ3v) is 2.81. The smallest absolute Gasteiger partial charge is 0.328 e. The van der Waals surface area contributed by atoms with E-state index in [1.54, 1.807) is 38.3 Å². The summed E-state index contributed by atoms with van der Waals surface area (Å²) in [6.45, 7) is 2.00. The molecule has 1 atom stereocenters. The Balaban J connectivity index is 2.21. The highest BCUT2D eigenvalue weighted by Crippen LogP contribution is 2.17. The lowest BCUT2D eigenvalue weighted by atomic mass is 10.2. The largest absolute Gasteiger partial charge is 0.497 e. The predicted molar refractivity (Wildman–Crippen MR) is 77.3 cm³/mol. The SMILES string of the molecule is COC(=O)[C@H](C)NC(=O)CCCOc1ccc(OC)cc1. The van der Waals surface area contributed by atoms with Gasteiger partial charge in [-0.3, -0.25) is 4.79 Å². The van der Waals surface area contributed by atoms with Gasteiger partial charge in [0.2, 0.25) is 5.91 Å². The highest BCUT2D eigenvalue weighted by Gasteiger charge is 2.15. The Bertz CT molecular complexity index is 458. The van der Waals surface area contributed by atoms with Gasteiger partial charge in [-0.25, -0.2) is 4.79 Å². The van der Waals surface area contributed by atoms with Crippen molar-refractivity contribution in [3.05, 3.63) is 24.3 Å². The summed E-state index contributed by atoms with van der Waals surface area (Å²) in [6.07, 6.45) is 0.850. The Kier molecular flexibility index (Phi) is 7.08. The number of carbonyl (C=O) groups is 2. The number of ether oxygens (including phenoxy) is 3. The second-order valence-electron chi connectivity index (χ2n) is 4.44. The van der Waals surface area contributed by atoms with Crippen LogP contribution in [0, 0.1) is 0 Å². The van der Waals surface area contributed by atoms with Gasteiger partial charge in [0.25, 0.3) is 0 Å². The predicted octanol–water partition coefficient (Wildman–Crippen LogP) is 1.53. The van der Waals surface area contributed by atoms with Crippen LogP contribution in [0.4, 0.5) is 0 Å². The van der Waals surface area contributed by atoms with Gasteiger partial charge in [0.05, 0.1) is 20.8 Å². The molecule has 0 fully saturated rings. The van der Waals surface area contributed by atoms with Gasteiger partial charge in [-0.1, -0.05) is 0 Å². The molecule has 6 nitrogen and oxygen atoms in total. The summed E-state index contributed by atoms with van der Waals surface area (Å²) in [5.74, 6) is 0.821. The third kappa shape index (κ3) is 6.16. The molecule has 1 amide bonds. The maximum atomic E-state index is 11.6. The monoisotopic (exact) mass is 295 g/mol. The molecule has 0 aromatic heterocycles. The van der Waals surface area contributed by atoms with Gasteiger partial charge in [-0.05, 0) is 37.6 Å². The van der Waals surface area contributed by atoms with Crippen molar-refractivity contribution in [2.75, 3.05) is 20.8 Å². The summed E-state index contributed by atoms with van der Waals surface area (Å²) in [7, 11) is 2.89. The molecule has 0 radical (unpaired) electrons. The summed E-state index contributed by atoms with van der Waals surface area (Å²) in [4.78, 5) is 22.7. The standard InChI is InChI=1S/C15H21NO5/c1-11(15(18)20-3)16-14(17)5-4-10-21-13-8-6-12(19-2)7-9-13/h6-9,11H,4-5,10H2,1-3H3,(H,16,17)/t11-/m0/s1. The van der Waals surface area contributed by atoms with Crippen LogP contribution in [0.15, 0.2) is 24.3 Å². The lowest BCUT2D eigenvalue weighted by molar-refractivity contribution is -0.144. The molecule has 21 heavy (non-hydrogen) atoms. The Morgan fingerprint density at radius 2 is 1.76 bits per heavy atom.